The molecular formula is C22H29NO2S. The van der Waals surface area contributed by atoms with Crippen molar-refractivity contribution in [2.24, 2.45) is 0 Å². The summed E-state index contributed by atoms with van der Waals surface area (Å²) in [6, 6.07) is 18.1. The van der Waals surface area contributed by atoms with Crippen molar-refractivity contribution in [3.63, 3.8) is 0 Å². The molecule has 2 aromatic rings. The summed E-state index contributed by atoms with van der Waals surface area (Å²) < 4.78 is 25.7. The standard InChI is InChI=1S/C22H29NO2S/c1-2-17-26(24,25)21-16-10-9-15-20(21)22(18-11-5-3-6-12-18)23-19-13-7-4-8-14-19/h3,5-6,9-12,15-16,19,22-23H,2,4,7-8,13-14,17H2,1H3. The van der Waals surface area contributed by atoms with Gasteiger partial charge in [-0.25, -0.2) is 8.42 Å². The number of nitrogens with one attached hydrogen (secondary N) is 1. The molecule has 0 spiro atoms. The van der Waals surface area contributed by atoms with Gasteiger partial charge in [0.1, 0.15) is 0 Å². The highest BCUT2D eigenvalue weighted by Gasteiger charge is 2.26. The summed E-state index contributed by atoms with van der Waals surface area (Å²) in [4.78, 5) is 0.471. The van der Waals surface area contributed by atoms with E-state index in [-0.39, 0.29) is 11.8 Å². The van der Waals surface area contributed by atoms with Crippen molar-refractivity contribution < 1.29 is 8.42 Å². The van der Waals surface area contributed by atoms with E-state index in [0.717, 1.165) is 24.0 Å². The van der Waals surface area contributed by atoms with E-state index in [1.807, 2.05) is 43.3 Å². The molecule has 1 fully saturated rings. The van der Waals surface area contributed by atoms with Gasteiger partial charge in [0.25, 0.3) is 0 Å². The van der Waals surface area contributed by atoms with Gasteiger partial charge < -0.3 is 5.32 Å². The molecule has 1 unspecified atom stereocenters. The first-order valence-electron chi connectivity index (χ1n) is 9.74. The van der Waals surface area contributed by atoms with Crippen LogP contribution in [0.25, 0.3) is 0 Å². The van der Waals surface area contributed by atoms with Crippen LogP contribution in [0.2, 0.25) is 0 Å². The average Bonchev–Trinajstić information content (AvgIpc) is 2.68. The van der Waals surface area contributed by atoms with Crippen molar-refractivity contribution in [1.29, 1.82) is 0 Å². The Morgan fingerprint density at radius 1 is 0.962 bits per heavy atom. The summed E-state index contributed by atoms with van der Waals surface area (Å²) in [6.45, 7) is 1.91. The third kappa shape index (κ3) is 4.54. The summed E-state index contributed by atoms with van der Waals surface area (Å²) in [7, 11) is -3.27. The van der Waals surface area contributed by atoms with E-state index < -0.39 is 9.84 Å². The zero-order valence-electron chi connectivity index (χ0n) is 15.5. The molecule has 0 saturated heterocycles. The molecule has 2 aromatic carbocycles. The molecule has 0 radical (unpaired) electrons. The fourth-order valence-corrected chi connectivity index (χ4v) is 5.49. The SMILES string of the molecule is CCCS(=O)(=O)c1ccccc1C(NC1CCCCC1)c1ccccc1. The maximum Gasteiger partial charge on any atom is 0.178 e. The Bertz CT molecular complexity index is 796. The van der Waals surface area contributed by atoms with E-state index >= 15 is 0 Å². The Balaban J connectivity index is 2.02. The van der Waals surface area contributed by atoms with E-state index in [1.165, 1.54) is 19.3 Å². The minimum absolute atomic E-state index is 0.0952. The van der Waals surface area contributed by atoms with Gasteiger partial charge >= 0.3 is 0 Å². The quantitative estimate of drug-likeness (QED) is 0.754. The van der Waals surface area contributed by atoms with Crippen LogP contribution in [0, 0.1) is 0 Å². The van der Waals surface area contributed by atoms with E-state index in [2.05, 4.69) is 17.4 Å². The number of hydrogen-bond donors (Lipinski definition) is 1. The second-order valence-electron chi connectivity index (χ2n) is 7.20. The van der Waals surface area contributed by atoms with E-state index in [4.69, 9.17) is 0 Å². The third-order valence-corrected chi connectivity index (χ3v) is 7.17. The molecular weight excluding hydrogens is 342 g/mol. The van der Waals surface area contributed by atoms with Crippen LogP contribution in [-0.4, -0.2) is 20.2 Å². The number of benzene rings is 2. The van der Waals surface area contributed by atoms with Crippen LogP contribution >= 0.6 is 0 Å². The maximum absolute atomic E-state index is 12.9. The minimum atomic E-state index is -3.27. The first-order chi connectivity index (χ1) is 12.6. The lowest BCUT2D eigenvalue weighted by atomic mass is 9.92. The van der Waals surface area contributed by atoms with E-state index in [0.29, 0.717) is 17.4 Å². The highest BCUT2D eigenvalue weighted by atomic mass is 32.2. The number of hydrogen-bond acceptors (Lipinski definition) is 3. The van der Waals surface area contributed by atoms with Gasteiger partial charge in [-0.1, -0.05) is 74.7 Å². The van der Waals surface area contributed by atoms with Gasteiger partial charge in [0.2, 0.25) is 0 Å². The third-order valence-electron chi connectivity index (χ3n) is 5.18. The summed E-state index contributed by atoms with van der Waals surface area (Å²) in [5.41, 5.74) is 2.00. The number of rotatable bonds is 7. The van der Waals surface area contributed by atoms with E-state index in [1.54, 1.807) is 6.07 Å². The van der Waals surface area contributed by atoms with Gasteiger partial charge in [0, 0.05) is 6.04 Å². The van der Waals surface area contributed by atoms with Crippen LogP contribution in [0.5, 0.6) is 0 Å². The van der Waals surface area contributed by atoms with Crippen LogP contribution in [-0.2, 0) is 9.84 Å². The molecule has 1 aliphatic carbocycles. The average molecular weight is 372 g/mol. The molecule has 4 heteroatoms. The molecule has 0 aliphatic heterocycles. The van der Waals surface area contributed by atoms with Gasteiger partial charge in [-0.2, -0.15) is 0 Å². The predicted octanol–water partition coefficient (Wildman–Crippen LogP) is 4.88. The fraction of sp³-hybridized carbons (Fsp3) is 0.455. The molecule has 1 saturated carbocycles. The fourth-order valence-electron chi connectivity index (χ4n) is 3.90. The van der Waals surface area contributed by atoms with Crippen molar-refractivity contribution in [2.75, 3.05) is 5.75 Å². The lowest BCUT2D eigenvalue weighted by molar-refractivity contribution is 0.353. The first-order valence-corrected chi connectivity index (χ1v) is 11.4. The summed E-state index contributed by atoms with van der Waals surface area (Å²) >= 11 is 0. The van der Waals surface area contributed by atoms with Crippen LogP contribution < -0.4 is 5.32 Å². The Labute approximate surface area is 157 Å². The smallest absolute Gasteiger partial charge is 0.178 e. The summed E-state index contributed by atoms with van der Waals surface area (Å²) in [5, 5.41) is 3.78. The van der Waals surface area contributed by atoms with Crippen molar-refractivity contribution >= 4 is 9.84 Å². The maximum atomic E-state index is 12.9. The van der Waals surface area contributed by atoms with Gasteiger partial charge in [-0.05, 0) is 36.5 Å². The Kier molecular flexibility index (Phi) is 6.49. The monoisotopic (exact) mass is 371 g/mol. The van der Waals surface area contributed by atoms with Gasteiger partial charge in [0.05, 0.1) is 16.7 Å². The largest absolute Gasteiger partial charge is 0.303 e. The molecule has 140 valence electrons. The molecule has 1 aliphatic rings. The Morgan fingerprint density at radius 3 is 2.31 bits per heavy atom. The molecule has 0 heterocycles. The molecule has 0 bridgehead atoms. The highest BCUT2D eigenvalue weighted by Crippen LogP contribution is 2.31. The second-order valence-corrected chi connectivity index (χ2v) is 9.28. The molecule has 26 heavy (non-hydrogen) atoms. The van der Waals surface area contributed by atoms with Gasteiger partial charge in [0.15, 0.2) is 9.84 Å². The molecule has 3 nitrogen and oxygen atoms in total. The van der Waals surface area contributed by atoms with E-state index in [9.17, 15) is 8.42 Å². The van der Waals surface area contributed by atoms with Crippen molar-refractivity contribution in [3.05, 3.63) is 65.7 Å². The highest BCUT2D eigenvalue weighted by molar-refractivity contribution is 7.91. The van der Waals surface area contributed by atoms with Crippen molar-refractivity contribution in [2.45, 2.75) is 62.4 Å². The van der Waals surface area contributed by atoms with Crippen LogP contribution in [0.1, 0.15) is 62.6 Å². The molecule has 1 N–H and O–H groups in total. The normalized spacial score (nSPS) is 17.1. The topological polar surface area (TPSA) is 46.2 Å². The lowest BCUT2D eigenvalue weighted by Crippen LogP contribution is -2.35. The van der Waals surface area contributed by atoms with Crippen LogP contribution in [0.4, 0.5) is 0 Å². The summed E-state index contributed by atoms with van der Waals surface area (Å²) in [5.74, 6) is 0.189. The molecule has 0 aromatic heterocycles. The molecule has 0 amide bonds. The number of sulfone groups is 1. The summed E-state index contributed by atoms with van der Waals surface area (Å²) in [6.07, 6.45) is 6.74. The van der Waals surface area contributed by atoms with Crippen LogP contribution in [0.3, 0.4) is 0 Å². The first kappa shape index (κ1) is 19.1. The molecule has 1 atom stereocenters. The van der Waals surface area contributed by atoms with Crippen LogP contribution in [0.15, 0.2) is 59.5 Å². The zero-order chi connectivity index (χ0) is 18.4. The lowest BCUT2D eigenvalue weighted by Gasteiger charge is -2.30. The van der Waals surface area contributed by atoms with Crippen molar-refractivity contribution in [1.82, 2.24) is 5.32 Å². The zero-order valence-corrected chi connectivity index (χ0v) is 16.3. The predicted molar refractivity (Wildman–Crippen MR) is 107 cm³/mol. The second kappa shape index (κ2) is 8.83. The Morgan fingerprint density at radius 2 is 1.62 bits per heavy atom. The van der Waals surface area contributed by atoms with Gasteiger partial charge in [-0.3, -0.25) is 0 Å². The molecule has 3 rings (SSSR count). The Hall–Kier alpha value is -1.65. The minimum Gasteiger partial charge on any atom is -0.303 e. The van der Waals surface area contributed by atoms with Gasteiger partial charge in [-0.15, -0.1) is 0 Å². The van der Waals surface area contributed by atoms with Crippen molar-refractivity contribution in [3.8, 4) is 0 Å².